The summed E-state index contributed by atoms with van der Waals surface area (Å²) in [6.07, 6.45) is 2.60. The first-order valence-electron chi connectivity index (χ1n) is 10.4. The van der Waals surface area contributed by atoms with Crippen LogP contribution in [0.15, 0.2) is 41.3 Å². The van der Waals surface area contributed by atoms with Crippen molar-refractivity contribution in [2.75, 3.05) is 25.5 Å². The van der Waals surface area contributed by atoms with Crippen molar-refractivity contribution in [3.63, 3.8) is 0 Å². The van der Waals surface area contributed by atoms with E-state index in [2.05, 4.69) is 15.6 Å². The molecule has 1 aliphatic heterocycles. The Hall–Kier alpha value is -2.69. The average molecular weight is 478 g/mol. The molecule has 0 saturated carbocycles. The number of fused-ring (bicyclic) bond motifs is 1. The molecular weight excluding hydrogens is 454 g/mol. The number of carbonyl (C=O) groups excluding carboxylic acids is 1. The number of hydrogen-bond donors (Lipinski definition) is 1. The van der Waals surface area contributed by atoms with E-state index in [-0.39, 0.29) is 17.2 Å². The van der Waals surface area contributed by atoms with Crippen molar-refractivity contribution in [2.45, 2.75) is 37.1 Å². The number of aryl methyl sites for hydroxylation is 1. The van der Waals surface area contributed by atoms with E-state index in [1.165, 1.54) is 11.4 Å². The first kappa shape index (κ1) is 22.5. The molecule has 1 amide bonds. The lowest BCUT2D eigenvalue weighted by molar-refractivity contribution is -0.116. The van der Waals surface area contributed by atoms with Crippen molar-refractivity contribution >= 4 is 44.3 Å². The molecule has 2 heterocycles. The summed E-state index contributed by atoms with van der Waals surface area (Å²) in [5.41, 5.74) is 1.84. The molecule has 1 saturated heterocycles. The third-order valence-electron chi connectivity index (χ3n) is 5.40. The van der Waals surface area contributed by atoms with Gasteiger partial charge in [0.1, 0.15) is 11.3 Å². The minimum absolute atomic E-state index is 0.144. The van der Waals surface area contributed by atoms with Crippen LogP contribution >= 0.6 is 11.6 Å². The van der Waals surface area contributed by atoms with Gasteiger partial charge in [-0.1, -0.05) is 16.8 Å². The van der Waals surface area contributed by atoms with Gasteiger partial charge < -0.3 is 10.1 Å². The van der Waals surface area contributed by atoms with Crippen LogP contribution in [0.3, 0.4) is 0 Å². The van der Waals surface area contributed by atoms with E-state index >= 15 is 0 Å². The van der Waals surface area contributed by atoms with Gasteiger partial charge >= 0.3 is 0 Å². The molecule has 0 unspecified atom stereocenters. The number of ether oxygens (including phenoxy) is 1. The standard InChI is InChI=1S/C21H24ClN5O4S/c1-31-20-9-6-15(13-17(20)22)23-21(28)5-4-12-27-19-8-7-16(14-18(19)24-25-27)32(29,30)26-10-2-3-11-26/h6-9,13-14H,2-5,10-12H2,1H3,(H,23,28). The fourth-order valence-corrected chi connectivity index (χ4v) is 5.51. The van der Waals surface area contributed by atoms with Crippen LogP contribution in [0.25, 0.3) is 11.0 Å². The largest absolute Gasteiger partial charge is 0.495 e. The lowest BCUT2D eigenvalue weighted by Crippen LogP contribution is -2.27. The molecule has 32 heavy (non-hydrogen) atoms. The molecule has 11 heteroatoms. The van der Waals surface area contributed by atoms with E-state index in [4.69, 9.17) is 16.3 Å². The van der Waals surface area contributed by atoms with Crippen molar-refractivity contribution < 1.29 is 17.9 Å². The summed E-state index contributed by atoms with van der Waals surface area (Å²) in [6.45, 7) is 1.58. The third kappa shape index (κ3) is 4.72. The summed E-state index contributed by atoms with van der Waals surface area (Å²) in [4.78, 5) is 12.5. The van der Waals surface area contributed by atoms with E-state index in [1.54, 1.807) is 41.1 Å². The summed E-state index contributed by atoms with van der Waals surface area (Å²) >= 11 is 6.08. The number of nitrogens with one attached hydrogen (secondary N) is 1. The maximum absolute atomic E-state index is 12.8. The van der Waals surface area contributed by atoms with Gasteiger partial charge in [0.25, 0.3) is 0 Å². The zero-order valence-electron chi connectivity index (χ0n) is 17.6. The fraction of sp³-hybridized carbons (Fsp3) is 0.381. The number of halogens is 1. The number of aromatic nitrogens is 3. The second-order valence-electron chi connectivity index (χ2n) is 7.58. The molecule has 1 fully saturated rings. The summed E-state index contributed by atoms with van der Waals surface area (Å²) in [6, 6.07) is 9.93. The molecule has 0 bridgehead atoms. The van der Waals surface area contributed by atoms with Gasteiger partial charge in [-0.2, -0.15) is 4.31 Å². The molecule has 3 aromatic rings. The topological polar surface area (TPSA) is 106 Å². The molecule has 0 radical (unpaired) electrons. The molecule has 0 aliphatic carbocycles. The van der Waals surface area contributed by atoms with E-state index in [9.17, 15) is 13.2 Å². The normalized spacial score (nSPS) is 14.7. The Morgan fingerprint density at radius 1 is 1.19 bits per heavy atom. The molecule has 1 N–H and O–H groups in total. The lowest BCUT2D eigenvalue weighted by Gasteiger charge is -2.15. The Bertz CT molecular complexity index is 1240. The minimum atomic E-state index is -3.50. The first-order valence-corrected chi connectivity index (χ1v) is 12.2. The zero-order chi connectivity index (χ0) is 22.7. The summed E-state index contributed by atoms with van der Waals surface area (Å²) in [5.74, 6) is 0.397. The highest BCUT2D eigenvalue weighted by Crippen LogP contribution is 2.27. The third-order valence-corrected chi connectivity index (χ3v) is 7.59. The van der Waals surface area contributed by atoms with Crippen LogP contribution in [0.4, 0.5) is 5.69 Å². The van der Waals surface area contributed by atoms with Crippen LogP contribution in [0.5, 0.6) is 5.75 Å². The minimum Gasteiger partial charge on any atom is -0.495 e. The summed E-state index contributed by atoms with van der Waals surface area (Å²) in [5, 5.41) is 11.5. The molecule has 2 aromatic carbocycles. The molecule has 0 atom stereocenters. The maximum atomic E-state index is 12.8. The Kier molecular flexibility index (Phi) is 6.63. The average Bonchev–Trinajstić information content (AvgIpc) is 3.44. The Morgan fingerprint density at radius 3 is 2.69 bits per heavy atom. The van der Waals surface area contributed by atoms with Crippen LogP contribution in [-0.4, -0.2) is 53.8 Å². The molecule has 4 rings (SSSR count). The Morgan fingerprint density at radius 2 is 1.97 bits per heavy atom. The number of sulfonamides is 1. The number of carbonyl (C=O) groups is 1. The quantitative estimate of drug-likeness (QED) is 0.533. The van der Waals surface area contributed by atoms with Gasteiger partial charge in [0, 0.05) is 31.7 Å². The predicted molar refractivity (Wildman–Crippen MR) is 121 cm³/mol. The molecule has 0 spiro atoms. The van der Waals surface area contributed by atoms with Gasteiger partial charge in [0.05, 0.1) is 22.5 Å². The molecule has 1 aliphatic rings. The Labute approximate surface area is 191 Å². The van der Waals surface area contributed by atoms with Crippen molar-refractivity contribution in [3.8, 4) is 5.75 Å². The van der Waals surface area contributed by atoms with Crippen LogP contribution in [0.1, 0.15) is 25.7 Å². The van der Waals surface area contributed by atoms with Crippen LogP contribution in [0, 0.1) is 0 Å². The number of amides is 1. The second-order valence-corrected chi connectivity index (χ2v) is 9.92. The smallest absolute Gasteiger partial charge is 0.243 e. The molecule has 170 valence electrons. The molecule has 1 aromatic heterocycles. The van der Waals surface area contributed by atoms with Crippen LogP contribution < -0.4 is 10.1 Å². The SMILES string of the molecule is COc1ccc(NC(=O)CCCn2nnc3cc(S(=O)(=O)N4CCCC4)ccc32)cc1Cl. The number of hydrogen-bond acceptors (Lipinski definition) is 6. The van der Waals surface area contributed by atoms with Crippen molar-refractivity contribution in [1.29, 1.82) is 0 Å². The number of rotatable bonds is 8. The van der Waals surface area contributed by atoms with Crippen molar-refractivity contribution in [3.05, 3.63) is 41.4 Å². The number of benzene rings is 2. The highest BCUT2D eigenvalue weighted by molar-refractivity contribution is 7.89. The Balaban J connectivity index is 1.36. The summed E-state index contributed by atoms with van der Waals surface area (Å²) < 4.78 is 33.8. The fourth-order valence-electron chi connectivity index (χ4n) is 3.71. The highest BCUT2D eigenvalue weighted by atomic mass is 35.5. The first-order chi connectivity index (χ1) is 15.4. The monoisotopic (exact) mass is 477 g/mol. The number of nitrogens with zero attached hydrogens (tertiary/aromatic N) is 4. The van der Waals surface area contributed by atoms with Gasteiger partial charge in [0.2, 0.25) is 15.9 Å². The van der Waals surface area contributed by atoms with E-state index in [0.717, 1.165) is 18.4 Å². The van der Waals surface area contributed by atoms with Gasteiger partial charge in [-0.25, -0.2) is 13.1 Å². The molecular formula is C21H24ClN5O4S. The van der Waals surface area contributed by atoms with Crippen LogP contribution in [0.2, 0.25) is 5.02 Å². The van der Waals surface area contributed by atoms with Gasteiger partial charge in [-0.3, -0.25) is 4.79 Å². The number of methoxy groups -OCH3 is 1. The van der Waals surface area contributed by atoms with E-state index in [1.807, 2.05) is 0 Å². The van der Waals surface area contributed by atoms with Gasteiger partial charge in [-0.15, -0.1) is 5.10 Å². The molecule has 9 nitrogen and oxygen atoms in total. The second kappa shape index (κ2) is 9.43. The lowest BCUT2D eigenvalue weighted by atomic mass is 10.2. The summed E-state index contributed by atoms with van der Waals surface area (Å²) in [7, 11) is -1.97. The predicted octanol–water partition coefficient (Wildman–Crippen LogP) is 3.30. The number of anilines is 1. The van der Waals surface area contributed by atoms with Gasteiger partial charge in [0.15, 0.2) is 0 Å². The zero-order valence-corrected chi connectivity index (χ0v) is 19.2. The van der Waals surface area contributed by atoms with Crippen molar-refractivity contribution in [1.82, 2.24) is 19.3 Å². The van der Waals surface area contributed by atoms with E-state index < -0.39 is 10.0 Å². The highest BCUT2D eigenvalue weighted by Gasteiger charge is 2.27. The van der Waals surface area contributed by atoms with Crippen LogP contribution in [-0.2, 0) is 21.4 Å². The van der Waals surface area contributed by atoms with Gasteiger partial charge in [-0.05, 0) is 55.7 Å². The van der Waals surface area contributed by atoms with E-state index in [0.29, 0.717) is 48.0 Å². The maximum Gasteiger partial charge on any atom is 0.243 e. The van der Waals surface area contributed by atoms with Crippen molar-refractivity contribution in [2.24, 2.45) is 0 Å².